The lowest BCUT2D eigenvalue weighted by atomic mass is 9.88. The molecule has 1 N–H and O–H groups in total. The van der Waals surface area contributed by atoms with Gasteiger partial charge in [0.1, 0.15) is 6.04 Å². The molecule has 1 heterocycles. The van der Waals surface area contributed by atoms with Gasteiger partial charge in [0.15, 0.2) is 0 Å². The second-order valence-corrected chi connectivity index (χ2v) is 6.48. The van der Waals surface area contributed by atoms with Crippen LogP contribution in [-0.2, 0) is 19.1 Å². The van der Waals surface area contributed by atoms with Crippen molar-refractivity contribution in [3.8, 4) is 0 Å². The van der Waals surface area contributed by atoms with Crippen LogP contribution < -0.4 is 10.2 Å². The van der Waals surface area contributed by atoms with Crippen LogP contribution in [0.25, 0.3) is 0 Å². The number of carbonyl (C=O) groups excluding carboxylic acids is 3. The van der Waals surface area contributed by atoms with E-state index in [0.29, 0.717) is 6.42 Å². The Bertz CT molecular complexity index is 642. The maximum absolute atomic E-state index is 12.7. The minimum absolute atomic E-state index is 0.0922. The molecule has 2 rings (SSSR count). The lowest BCUT2D eigenvalue weighted by molar-refractivity contribution is -0.145. The highest BCUT2D eigenvalue weighted by atomic mass is 16.5. The fraction of sp³-hybridized carbons (Fsp3) is 0.500. The number of ether oxygens (including phenoxy) is 1. The lowest BCUT2D eigenvalue weighted by Gasteiger charge is -2.31. The van der Waals surface area contributed by atoms with Crippen LogP contribution in [0.3, 0.4) is 0 Å². The van der Waals surface area contributed by atoms with Gasteiger partial charge in [0, 0.05) is 19.2 Å². The number of nitrogens with one attached hydrogen (secondary N) is 1. The van der Waals surface area contributed by atoms with Crippen molar-refractivity contribution < 1.29 is 19.1 Å². The number of para-hydroxylation sites is 1. The van der Waals surface area contributed by atoms with Crippen LogP contribution in [0.1, 0.15) is 38.2 Å². The molecule has 0 fully saturated rings. The average Bonchev–Trinajstić information content (AvgIpc) is 2.56. The topological polar surface area (TPSA) is 75.7 Å². The van der Waals surface area contributed by atoms with Gasteiger partial charge in [0.25, 0.3) is 0 Å². The molecule has 2 amide bonds. The molecule has 0 aliphatic carbocycles. The maximum atomic E-state index is 12.7. The molecule has 1 aromatic carbocycles. The van der Waals surface area contributed by atoms with Crippen LogP contribution in [0.2, 0.25) is 0 Å². The number of fused-ring (bicyclic) bond motifs is 1. The van der Waals surface area contributed by atoms with Gasteiger partial charge < -0.3 is 15.0 Å². The van der Waals surface area contributed by atoms with Crippen LogP contribution in [-0.4, -0.2) is 38.0 Å². The Morgan fingerprint density at radius 1 is 1.33 bits per heavy atom. The summed E-state index contributed by atoms with van der Waals surface area (Å²) in [4.78, 5) is 38.4. The Morgan fingerprint density at radius 2 is 2.00 bits per heavy atom. The minimum Gasteiger partial charge on any atom is -0.467 e. The summed E-state index contributed by atoms with van der Waals surface area (Å²) in [6.45, 7) is 3.94. The second-order valence-electron chi connectivity index (χ2n) is 6.48. The van der Waals surface area contributed by atoms with E-state index >= 15 is 0 Å². The van der Waals surface area contributed by atoms with Gasteiger partial charge in [-0.15, -0.1) is 0 Å². The number of hydrogen-bond acceptors (Lipinski definition) is 4. The first-order chi connectivity index (χ1) is 11.3. The Balaban J connectivity index is 2.24. The van der Waals surface area contributed by atoms with Gasteiger partial charge in [-0.3, -0.25) is 9.59 Å². The van der Waals surface area contributed by atoms with Crippen molar-refractivity contribution in [1.82, 2.24) is 5.32 Å². The van der Waals surface area contributed by atoms with Crippen molar-refractivity contribution in [3.05, 3.63) is 29.8 Å². The minimum atomic E-state index is -0.704. The number of benzene rings is 1. The summed E-state index contributed by atoms with van der Waals surface area (Å²) in [6, 6.07) is 6.63. The van der Waals surface area contributed by atoms with E-state index in [9.17, 15) is 14.4 Å². The summed E-state index contributed by atoms with van der Waals surface area (Å²) in [5, 5.41) is 2.76. The van der Waals surface area contributed by atoms with Gasteiger partial charge in [-0.1, -0.05) is 32.0 Å². The molecule has 0 unspecified atom stereocenters. The highest BCUT2D eigenvalue weighted by molar-refractivity contribution is 6.03. The van der Waals surface area contributed by atoms with E-state index in [1.807, 2.05) is 38.1 Å². The van der Waals surface area contributed by atoms with Gasteiger partial charge in [-0.05, 0) is 24.0 Å². The number of nitrogens with zero attached hydrogens (tertiary/aromatic N) is 1. The van der Waals surface area contributed by atoms with Crippen molar-refractivity contribution >= 4 is 23.5 Å². The molecule has 6 heteroatoms. The zero-order chi connectivity index (χ0) is 17.9. The smallest absolute Gasteiger partial charge is 0.328 e. The van der Waals surface area contributed by atoms with Crippen LogP contribution in [0.15, 0.2) is 24.3 Å². The van der Waals surface area contributed by atoms with Crippen LogP contribution in [0, 0.1) is 5.92 Å². The van der Waals surface area contributed by atoms with E-state index in [1.54, 1.807) is 11.9 Å². The number of carbonyl (C=O) groups is 3. The molecular weight excluding hydrogens is 308 g/mol. The van der Waals surface area contributed by atoms with Gasteiger partial charge in [-0.2, -0.15) is 0 Å². The molecule has 1 aromatic rings. The second kappa shape index (κ2) is 7.47. The first-order valence-electron chi connectivity index (χ1n) is 8.08. The summed E-state index contributed by atoms with van der Waals surface area (Å²) < 4.78 is 4.78. The zero-order valence-electron chi connectivity index (χ0n) is 14.5. The number of anilines is 1. The van der Waals surface area contributed by atoms with Gasteiger partial charge in [-0.25, -0.2) is 4.79 Å². The number of hydrogen-bond donors (Lipinski definition) is 1. The average molecular weight is 332 g/mol. The van der Waals surface area contributed by atoms with Crippen molar-refractivity contribution in [2.24, 2.45) is 5.92 Å². The fourth-order valence-corrected chi connectivity index (χ4v) is 2.98. The molecule has 1 aliphatic heterocycles. The third-order valence-corrected chi connectivity index (χ3v) is 4.25. The standard InChI is InChI=1S/C18H24N2O4/c1-11(2)9-14(18(23)24-4)19-17(22)13-10-16(21)20(3)15-8-6-5-7-12(13)15/h5-8,11,13-14H,9-10H2,1-4H3,(H,19,22)/t13-,14-/m1/s1. The molecule has 24 heavy (non-hydrogen) atoms. The van der Waals surface area contributed by atoms with Crippen LogP contribution in [0.4, 0.5) is 5.69 Å². The number of rotatable bonds is 5. The summed E-state index contributed by atoms with van der Waals surface area (Å²) >= 11 is 0. The molecule has 6 nitrogen and oxygen atoms in total. The first-order valence-corrected chi connectivity index (χ1v) is 8.08. The Hall–Kier alpha value is -2.37. The number of methoxy groups -OCH3 is 1. The van der Waals surface area contributed by atoms with E-state index in [2.05, 4.69) is 5.32 Å². The van der Waals surface area contributed by atoms with Gasteiger partial charge >= 0.3 is 5.97 Å². The van der Waals surface area contributed by atoms with E-state index in [-0.39, 0.29) is 24.2 Å². The van der Waals surface area contributed by atoms with Crippen LogP contribution >= 0.6 is 0 Å². The van der Waals surface area contributed by atoms with Gasteiger partial charge in [0.05, 0.1) is 13.0 Å². The monoisotopic (exact) mass is 332 g/mol. The Morgan fingerprint density at radius 3 is 2.62 bits per heavy atom. The molecule has 1 aliphatic rings. The summed E-state index contributed by atoms with van der Waals surface area (Å²) in [5.74, 6) is -1.28. The molecular formula is C18H24N2O4. The highest BCUT2D eigenvalue weighted by Crippen LogP contribution is 2.35. The molecule has 2 atom stereocenters. The van der Waals surface area contributed by atoms with E-state index in [0.717, 1.165) is 11.3 Å². The predicted molar refractivity (Wildman–Crippen MR) is 90.6 cm³/mol. The van der Waals surface area contributed by atoms with Gasteiger partial charge in [0.2, 0.25) is 11.8 Å². The number of amides is 2. The fourth-order valence-electron chi connectivity index (χ4n) is 2.98. The van der Waals surface area contributed by atoms with Crippen LogP contribution in [0.5, 0.6) is 0 Å². The molecule has 0 radical (unpaired) electrons. The van der Waals surface area contributed by atoms with Crippen molar-refractivity contribution in [1.29, 1.82) is 0 Å². The van der Waals surface area contributed by atoms with E-state index < -0.39 is 17.9 Å². The molecule has 0 saturated heterocycles. The molecule has 0 aromatic heterocycles. The quantitative estimate of drug-likeness (QED) is 0.835. The third kappa shape index (κ3) is 3.75. The van der Waals surface area contributed by atoms with Crippen molar-refractivity contribution in [3.63, 3.8) is 0 Å². The maximum Gasteiger partial charge on any atom is 0.328 e. The normalized spacial score (nSPS) is 18.1. The Kier molecular flexibility index (Phi) is 5.59. The zero-order valence-corrected chi connectivity index (χ0v) is 14.5. The van der Waals surface area contributed by atoms with E-state index in [4.69, 9.17) is 4.74 Å². The van der Waals surface area contributed by atoms with Crippen molar-refractivity contribution in [2.75, 3.05) is 19.1 Å². The summed E-state index contributed by atoms with van der Waals surface area (Å²) in [7, 11) is 3.00. The summed E-state index contributed by atoms with van der Waals surface area (Å²) in [6.07, 6.45) is 0.579. The third-order valence-electron chi connectivity index (χ3n) is 4.25. The highest BCUT2D eigenvalue weighted by Gasteiger charge is 2.35. The first kappa shape index (κ1) is 18.0. The molecule has 0 saturated carbocycles. The van der Waals surface area contributed by atoms with Crippen molar-refractivity contribution in [2.45, 2.75) is 38.6 Å². The largest absolute Gasteiger partial charge is 0.467 e. The Labute approximate surface area is 142 Å². The van der Waals surface area contributed by atoms with E-state index in [1.165, 1.54) is 7.11 Å². The molecule has 0 spiro atoms. The SMILES string of the molecule is COC(=O)[C@@H](CC(C)C)NC(=O)[C@@H]1CC(=O)N(C)c2ccccc21. The molecule has 130 valence electrons. The lowest BCUT2D eigenvalue weighted by Crippen LogP contribution is -2.46. The predicted octanol–water partition coefficient (Wildman–Crippen LogP) is 1.84. The molecule has 0 bridgehead atoms. The summed E-state index contributed by atoms with van der Waals surface area (Å²) in [5.41, 5.74) is 1.53. The number of esters is 1.